The third kappa shape index (κ3) is 3.28. The summed E-state index contributed by atoms with van der Waals surface area (Å²) in [6.07, 6.45) is 0. The van der Waals surface area contributed by atoms with Crippen LogP contribution in [-0.2, 0) is 4.79 Å². The zero-order valence-corrected chi connectivity index (χ0v) is 10.9. The molecule has 2 aromatic rings. The molecule has 0 N–H and O–H groups in total. The molecular formula is C14H10ClO2S-. The molecule has 0 aliphatic rings. The number of halogens is 1. The van der Waals surface area contributed by atoms with Crippen molar-refractivity contribution in [2.24, 2.45) is 0 Å². The Morgan fingerprint density at radius 2 is 1.67 bits per heavy atom. The van der Waals surface area contributed by atoms with Crippen molar-refractivity contribution in [1.29, 1.82) is 0 Å². The number of rotatable bonds is 4. The summed E-state index contributed by atoms with van der Waals surface area (Å²) < 4.78 is 0. The lowest BCUT2D eigenvalue weighted by molar-refractivity contribution is -0.305. The van der Waals surface area contributed by atoms with E-state index in [1.807, 2.05) is 30.3 Å². The molecule has 1 unspecified atom stereocenters. The first kappa shape index (κ1) is 13.0. The number of benzene rings is 2. The molecule has 0 aliphatic heterocycles. The van der Waals surface area contributed by atoms with Gasteiger partial charge in [-0.1, -0.05) is 41.9 Å². The second-order valence-electron chi connectivity index (χ2n) is 3.68. The van der Waals surface area contributed by atoms with Gasteiger partial charge in [0.1, 0.15) is 0 Å². The number of thioether (sulfide) groups is 1. The number of aliphatic carboxylic acids is 1. The summed E-state index contributed by atoms with van der Waals surface area (Å²) in [6, 6.07) is 16.1. The zero-order valence-electron chi connectivity index (χ0n) is 9.38. The number of carboxylic acids is 1. The number of carboxylic acid groups (broad SMARTS) is 1. The Bertz CT molecular complexity index is 525. The molecule has 0 spiro atoms. The van der Waals surface area contributed by atoms with Gasteiger partial charge in [-0.15, -0.1) is 11.8 Å². The first-order valence-corrected chi connectivity index (χ1v) is 6.60. The summed E-state index contributed by atoms with van der Waals surface area (Å²) in [7, 11) is 0. The molecule has 0 fully saturated rings. The van der Waals surface area contributed by atoms with E-state index in [1.165, 1.54) is 11.8 Å². The summed E-state index contributed by atoms with van der Waals surface area (Å²) in [5.74, 6) is -1.11. The molecule has 0 amide bonds. The van der Waals surface area contributed by atoms with Crippen molar-refractivity contribution in [2.45, 2.75) is 10.1 Å². The highest BCUT2D eigenvalue weighted by Crippen LogP contribution is 2.35. The molecule has 0 radical (unpaired) electrons. The fourth-order valence-electron chi connectivity index (χ4n) is 1.52. The average molecular weight is 278 g/mol. The van der Waals surface area contributed by atoms with Gasteiger partial charge in [-0.05, 0) is 29.8 Å². The summed E-state index contributed by atoms with van der Waals surface area (Å²) in [5, 5.41) is 11.1. The van der Waals surface area contributed by atoms with Gasteiger partial charge in [-0.3, -0.25) is 0 Å². The van der Waals surface area contributed by atoms with E-state index in [4.69, 9.17) is 11.6 Å². The van der Waals surface area contributed by atoms with Crippen LogP contribution in [0, 0.1) is 0 Å². The molecule has 1 atom stereocenters. The molecule has 4 heteroatoms. The third-order valence-electron chi connectivity index (χ3n) is 2.38. The number of carbonyl (C=O) groups is 1. The Labute approximate surface area is 115 Å². The van der Waals surface area contributed by atoms with Gasteiger partial charge in [0.2, 0.25) is 0 Å². The van der Waals surface area contributed by atoms with Crippen molar-refractivity contribution >= 4 is 29.3 Å². The van der Waals surface area contributed by atoms with E-state index < -0.39 is 11.2 Å². The lowest BCUT2D eigenvalue weighted by Crippen LogP contribution is -2.28. The molecule has 2 rings (SSSR count). The van der Waals surface area contributed by atoms with E-state index in [-0.39, 0.29) is 0 Å². The van der Waals surface area contributed by atoms with E-state index in [0.29, 0.717) is 10.6 Å². The van der Waals surface area contributed by atoms with E-state index >= 15 is 0 Å². The minimum Gasteiger partial charge on any atom is -0.549 e. The van der Waals surface area contributed by atoms with Gasteiger partial charge < -0.3 is 9.90 Å². The van der Waals surface area contributed by atoms with Crippen LogP contribution in [0.1, 0.15) is 10.8 Å². The minimum atomic E-state index is -1.11. The van der Waals surface area contributed by atoms with Crippen LogP contribution >= 0.6 is 23.4 Å². The highest BCUT2D eigenvalue weighted by Gasteiger charge is 2.14. The third-order valence-corrected chi connectivity index (χ3v) is 3.88. The van der Waals surface area contributed by atoms with E-state index in [1.54, 1.807) is 24.3 Å². The predicted octanol–water partition coefficient (Wildman–Crippen LogP) is 2.92. The van der Waals surface area contributed by atoms with E-state index in [2.05, 4.69) is 0 Å². The fraction of sp³-hybridized carbons (Fsp3) is 0.0714. The number of hydrogen-bond acceptors (Lipinski definition) is 3. The van der Waals surface area contributed by atoms with Crippen molar-refractivity contribution in [2.75, 3.05) is 0 Å². The Balaban J connectivity index is 2.24. The van der Waals surface area contributed by atoms with Gasteiger partial charge in [0.25, 0.3) is 0 Å². The smallest absolute Gasteiger partial charge is 0.0739 e. The summed E-state index contributed by atoms with van der Waals surface area (Å²) in [5.41, 5.74) is 0.674. The van der Waals surface area contributed by atoms with Crippen LogP contribution in [0.25, 0.3) is 0 Å². The Morgan fingerprint density at radius 3 is 2.22 bits per heavy atom. The number of carbonyl (C=O) groups excluding carboxylic acids is 1. The quantitative estimate of drug-likeness (QED) is 0.807. The van der Waals surface area contributed by atoms with Gasteiger partial charge in [-0.25, -0.2) is 0 Å². The topological polar surface area (TPSA) is 40.1 Å². The zero-order chi connectivity index (χ0) is 13.0. The maximum Gasteiger partial charge on any atom is 0.0739 e. The lowest BCUT2D eigenvalue weighted by atomic mass is 10.1. The second kappa shape index (κ2) is 5.94. The molecule has 92 valence electrons. The van der Waals surface area contributed by atoms with Gasteiger partial charge in [-0.2, -0.15) is 0 Å². The average Bonchev–Trinajstić information content (AvgIpc) is 2.38. The minimum absolute atomic E-state index is 0.584. The largest absolute Gasteiger partial charge is 0.549 e. The molecule has 0 heterocycles. The van der Waals surface area contributed by atoms with Gasteiger partial charge in [0, 0.05) is 9.92 Å². The van der Waals surface area contributed by atoms with Crippen molar-refractivity contribution in [1.82, 2.24) is 0 Å². The van der Waals surface area contributed by atoms with Gasteiger partial charge in [0.05, 0.1) is 11.2 Å². The molecule has 18 heavy (non-hydrogen) atoms. The SMILES string of the molecule is O=C([O-])C(Sc1ccccc1)c1ccc(Cl)cc1. The summed E-state index contributed by atoms with van der Waals surface area (Å²) >= 11 is 7.04. The monoisotopic (exact) mass is 277 g/mol. The maximum absolute atomic E-state index is 11.2. The normalized spacial score (nSPS) is 12.1. The Morgan fingerprint density at radius 1 is 1.06 bits per heavy atom. The Hall–Kier alpha value is -1.45. The second-order valence-corrected chi connectivity index (χ2v) is 5.30. The van der Waals surface area contributed by atoms with E-state index in [9.17, 15) is 9.90 Å². The standard InChI is InChI=1S/C14H11ClO2S/c15-11-8-6-10(7-9-11)13(14(16)17)18-12-4-2-1-3-5-12/h1-9,13H,(H,16,17)/p-1. The molecule has 2 nitrogen and oxygen atoms in total. The van der Waals surface area contributed by atoms with Crippen molar-refractivity contribution in [3.8, 4) is 0 Å². The van der Waals surface area contributed by atoms with Crippen LogP contribution < -0.4 is 5.11 Å². The van der Waals surface area contributed by atoms with Crippen LogP contribution in [0.4, 0.5) is 0 Å². The molecule has 0 saturated carbocycles. The predicted molar refractivity (Wildman–Crippen MR) is 71.5 cm³/mol. The Kier molecular flexibility index (Phi) is 4.28. The molecule has 0 aromatic heterocycles. The van der Waals surface area contributed by atoms with Gasteiger partial charge >= 0.3 is 0 Å². The lowest BCUT2D eigenvalue weighted by Gasteiger charge is -2.18. The highest BCUT2D eigenvalue weighted by molar-refractivity contribution is 8.00. The first-order valence-electron chi connectivity index (χ1n) is 5.35. The van der Waals surface area contributed by atoms with Crippen LogP contribution in [0.5, 0.6) is 0 Å². The van der Waals surface area contributed by atoms with Crippen molar-refractivity contribution in [3.63, 3.8) is 0 Å². The molecule has 0 bridgehead atoms. The fourth-order valence-corrected chi connectivity index (χ4v) is 2.63. The van der Waals surface area contributed by atoms with Crippen LogP contribution in [-0.4, -0.2) is 5.97 Å². The first-order chi connectivity index (χ1) is 8.66. The van der Waals surface area contributed by atoms with Crippen LogP contribution in [0.2, 0.25) is 5.02 Å². The molecule has 0 aliphatic carbocycles. The number of hydrogen-bond donors (Lipinski definition) is 0. The molecular weight excluding hydrogens is 268 g/mol. The maximum atomic E-state index is 11.2. The van der Waals surface area contributed by atoms with Crippen LogP contribution in [0.15, 0.2) is 59.5 Å². The van der Waals surface area contributed by atoms with Crippen molar-refractivity contribution in [3.05, 3.63) is 65.2 Å². The van der Waals surface area contributed by atoms with Crippen molar-refractivity contribution < 1.29 is 9.90 Å². The summed E-state index contributed by atoms with van der Waals surface area (Å²) in [4.78, 5) is 12.1. The van der Waals surface area contributed by atoms with Gasteiger partial charge in [0.15, 0.2) is 0 Å². The highest BCUT2D eigenvalue weighted by atomic mass is 35.5. The molecule has 0 saturated heterocycles. The summed E-state index contributed by atoms with van der Waals surface area (Å²) in [6.45, 7) is 0. The van der Waals surface area contributed by atoms with E-state index in [0.717, 1.165) is 4.90 Å². The molecule has 2 aromatic carbocycles. The van der Waals surface area contributed by atoms with Crippen LogP contribution in [0.3, 0.4) is 0 Å².